The number of rotatable bonds is 2. The molecule has 0 unspecified atom stereocenters. The van der Waals surface area contributed by atoms with E-state index in [1.165, 1.54) is 0 Å². The van der Waals surface area contributed by atoms with Crippen LogP contribution in [0.4, 0.5) is 17.2 Å². The molecule has 2 rings (SSSR count). The zero-order chi connectivity index (χ0) is 10.7. The topological polar surface area (TPSA) is 71.2 Å². The molecule has 1 aromatic carbocycles. The van der Waals surface area contributed by atoms with Crippen molar-refractivity contribution in [2.75, 3.05) is 11.1 Å². The smallest absolute Gasteiger partial charge is 0.139 e. The third kappa shape index (κ3) is 2.17. The van der Waals surface area contributed by atoms with Crippen molar-refractivity contribution in [1.29, 1.82) is 0 Å². The first-order chi connectivity index (χ1) is 7.25. The Kier molecular flexibility index (Phi) is 2.41. The molecule has 0 atom stereocenters. The molecule has 0 saturated heterocycles. The van der Waals surface area contributed by atoms with Crippen LogP contribution in [0.15, 0.2) is 42.6 Å². The molecule has 0 bridgehead atoms. The summed E-state index contributed by atoms with van der Waals surface area (Å²) in [5, 5.41) is 12.6. The van der Waals surface area contributed by atoms with Gasteiger partial charge in [-0.05, 0) is 18.2 Å². The largest absolute Gasteiger partial charge is 0.506 e. The van der Waals surface area contributed by atoms with Crippen molar-refractivity contribution in [2.45, 2.75) is 0 Å². The highest BCUT2D eigenvalue weighted by Gasteiger charge is 1.99. The number of nitrogen functional groups attached to an aromatic ring is 1. The van der Waals surface area contributed by atoms with Gasteiger partial charge in [-0.15, -0.1) is 0 Å². The van der Waals surface area contributed by atoms with Crippen LogP contribution in [0.1, 0.15) is 0 Å². The first-order valence-corrected chi connectivity index (χ1v) is 4.52. The number of pyridine rings is 1. The fraction of sp³-hybridized carbons (Fsp3) is 0. The van der Waals surface area contributed by atoms with Crippen molar-refractivity contribution >= 4 is 17.2 Å². The van der Waals surface area contributed by atoms with Gasteiger partial charge >= 0.3 is 0 Å². The molecule has 0 radical (unpaired) electrons. The van der Waals surface area contributed by atoms with E-state index in [0.29, 0.717) is 11.5 Å². The number of hydrogen-bond donors (Lipinski definition) is 3. The van der Waals surface area contributed by atoms with Gasteiger partial charge in [-0.3, -0.25) is 0 Å². The maximum absolute atomic E-state index is 9.53. The Morgan fingerprint density at radius 2 is 2.00 bits per heavy atom. The third-order valence-electron chi connectivity index (χ3n) is 1.96. The molecule has 0 saturated carbocycles. The minimum Gasteiger partial charge on any atom is -0.506 e. The number of anilines is 3. The summed E-state index contributed by atoms with van der Waals surface area (Å²) in [5.41, 5.74) is 6.97. The Morgan fingerprint density at radius 1 is 1.20 bits per heavy atom. The number of aromatic nitrogens is 1. The van der Waals surface area contributed by atoms with Crippen LogP contribution in [0.5, 0.6) is 5.75 Å². The predicted molar refractivity (Wildman–Crippen MR) is 60.0 cm³/mol. The van der Waals surface area contributed by atoms with Crippen LogP contribution in [0, 0.1) is 0 Å². The van der Waals surface area contributed by atoms with Gasteiger partial charge in [0.25, 0.3) is 0 Å². The van der Waals surface area contributed by atoms with Crippen LogP contribution < -0.4 is 11.1 Å². The summed E-state index contributed by atoms with van der Waals surface area (Å²) in [4.78, 5) is 3.88. The van der Waals surface area contributed by atoms with Gasteiger partial charge in [-0.1, -0.05) is 12.1 Å². The Morgan fingerprint density at radius 3 is 2.73 bits per heavy atom. The zero-order valence-corrected chi connectivity index (χ0v) is 8.01. The number of phenols is 1. The summed E-state index contributed by atoms with van der Waals surface area (Å²) < 4.78 is 0. The van der Waals surface area contributed by atoms with Gasteiger partial charge in [0.1, 0.15) is 11.6 Å². The molecule has 0 aliphatic rings. The Balaban J connectivity index is 2.26. The van der Waals surface area contributed by atoms with E-state index in [1.807, 2.05) is 6.07 Å². The highest BCUT2D eigenvalue weighted by atomic mass is 16.3. The highest BCUT2D eigenvalue weighted by molar-refractivity contribution is 5.66. The van der Waals surface area contributed by atoms with Gasteiger partial charge in [-0.2, -0.15) is 0 Å². The molecule has 0 amide bonds. The van der Waals surface area contributed by atoms with Crippen LogP contribution in [-0.4, -0.2) is 10.1 Å². The molecule has 0 fully saturated rings. The van der Waals surface area contributed by atoms with Crippen LogP contribution in [0.3, 0.4) is 0 Å². The lowest BCUT2D eigenvalue weighted by atomic mass is 10.3. The van der Waals surface area contributed by atoms with Crippen LogP contribution in [0.25, 0.3) is 0 Å². The number of hydrogen-bond acceptors (Lipinski definition) is 4. The molecule has 4 heteroatoms. The Bertz CT molecular complexity index is 471. The maximum atomic E-state index is 9.53. The Labute approximate surface area is 87.4 Å². The average molecular weight is 201 g/mol. The molecular formula is C11H11N3O. The van der Waals surface area contributed by atoms with Gasteiger partial charge in [0, 0.05) is 18.0 Å². The van der Waals surface area contributed by atoms with E-state index in [1.54, 1.807) is 36.5 Å². The second-order valence-electron chi connectivity index (χ2n) is 3.11. The number of nitrogens with one attached hydrogen (secondary N) is 1. The van der Waals surface area contributed by atoms with E-state index in [4.69, 9.17) is 5.73 Å². The maximum Gasteiger partial charge on any atom is 0.139 e. The van der Waals surface area contributed by atoms with E-state index in [2.05, 4.69) is 10.3 Å². The van der Waals surface area contributed by atoms with Crippen molar-refractivity contribution in [3.8, 4) is 5.75 Å². The van der Waals surface area contributed by atoms with Crippen molar-refractivity contribution in [3.63, 3.8) is 0 Å². The number of aromatic hydroxyl groups is 1. The average Bonchev–Trinajstić information content (AvgIpc) is 2.22. The van der Waals surface area contributed by atoms with Crippen molar-refractivity contribution < 1.29 is 5.11 Å². The second-order valence-corrected chi connectivity index (χ2v) is 3.11. The quantitative estimate of drug-likeness (QED) is 0.651. The normalized spacial score (nSPS) is 9.87. The van der Waals surface area contributed by atoms with Crippen LogP contribution >= 0.6 is 0 Å². The van der Waals surface area contributed by atoms with Gasteiger partial charge in [0.05, 0.1) is 5.69 Å². The van der Waals surface area contributed by atoms with Gasteiger partial charge in [0.2, 0.25) is 0 Å². The summed E-state index contributed by atoms with van der Waals surface area (Å²) in [6.07, 6.45) is 1.61. The lowest BCUT2D eigenvalue weighted by molar-refractivity contribution is 0.478. The molecule has 4 nitrogen and oxygen atoms in total. The Hall–Kier alpha value is -2.23. The molecule has 76 valence electrons. The standard InChI is InChI=1S/C11H11N3O/c12-11-7-8(5-6-13-11)14-9-3-1-2-4-10(9)15/h1-7,15H,(H3,12,13,14). The molecule has 0 aliphatic carbocycles. The summed E-state index contributed by atoms with van der Waals surface area (Å²) in [6, 6.07) is 10.5. The molecule has 0 spiro atoms. The summed E-state index contributed by atoms with van der Waals surface area (Å²) >= 11 is 0. The highest BCUT2D eigenvalue weighted by Crippen LogP contribution is 2.25. The van der Waals surface area contributed by atoms with E-state index >= 15 is 0 Å². The number of benzene rings is 1. The minimum absolute atomic E-state index is 0.202. The summed E-state index contributed by atoms with van der Waals surface area (Å²) in [5.74, 6) is 0.642. The van der Waals surface area contributed by atoms with Crippen molar-refractivity contribution in [1.82, 2.24) is 4.98 Å². The van der Waals surface area contributed by atoms with Crippen LogP contribution in [-0.2, 0) is 0 Å². The van der Waals surface area contributed by atoms with Crippen molar-refractivity contribution in [3.05, 3.63) is 42.6 Å². The SMILES string of the molecule is Nc1cc(Nc2ccccc2O)ccn1. The van der Waals surface area contributed by atoms with E-state index in [9.17, 15) is 5.11 Å². The lowest BCUT2D eigenvalue weighted by Crippen LogP contribution is -1.94. The third-order valence-corrected chi connectivity index (χ3v) is 1.96. The minimum atomic E-state index is 0.202. The lowest BCUT2D eigenvalue weighted by Gasteiger charge is -2.07. The number of nitrogens with zero attached hydrogens (tertiary/aromatic N) is 1. The molecule has 4 N–H and O–H groups in total. The van der Waals surface area contributed by atoms with Crippen molar-refractivity contribution in [2.24, 2.45) is 0 Å². The van der Waals surface area contributed by atoms with Crippen LogP contribution in [0.2, 0.25) is 0 Å². The molecule has 15 heavy (non-hydrogen) atoms. The fourth-order valence-electron chi connectivity index (χ4n) is 1.26. The van der Waals surface area contributed by atoms with Gasteiger partial charge in [0.15, 0.2) is 0 Å². The molecule has 0 aliphatic heterocycles. The van der Waals surface area contributed by atoms with Gasteiger partial charge < -0.3 is 16.2 Å². The number of nitrogens with two attached hydrogens (primary N) is 1. The number of phenolic OH excluding ortho intramolecular Hbond substituents is 1. The van der Waals surface area contributed by atoms with E-state index in [0.717, 1.165) is 5.69 Å². The first kappa shape index (κ1) is 9.33. The van der Waals surface area contributed by atoms with E-state index < -0.39 is 0 Å². The molecule has 1 aromatic heterocycles. The number of para-hydroxylation sites is 2. The predicted octanol–water partition coefficient (Wildman–Crippen LogP) is 2.11. The summed E-state index contributed by atoms with van der Waals surface area (Å²) in [6.45, 7) is 0. The first-order valence-electron chi connectivity index (χ1n) is 4.52. The summed E-state index contributed by atoms with van der Waals surface area (Å²) in [7, 11) is 0. The monoisotopic (exact) mass is 201 g/mol. The van der Waals surface area contributed by atoms with Gasteiger partial charge in [-0.25, -0.2) is 4.98 Å². The molecule has 1 heterocycles. The fourth-order valence-corrected chi connectivity index (χ4v) is 1.26. The molecule has 2 aromatic rings. The second kappa shape index (κ2) is 3.88. The van der Waals surface area contributed by atoms with E-state index in [-0.39, 0.29) is 5.75 Å². The molecular weight excluding hydrogens is 190 g/mol. The zero-order valence-electron chi connectivity index (χ0n) is 8.01.